The molecule has 1 heterocycles. The maximum Gasteiger partial charge on any atom is 0.128 e. The molecule has 0 saturated carbocycles. The zero-order valence-corrected chi connectivity index (χ0v) is 39.6. The fourth-order valence-electron chi connectivity index (χ4n) is 10.7. The van der Waals surface area contributed by atoms with Crippen molar-refractivity contribution in [3.8, 4) is 33.4 Å². The SMILES string of the molecule is [B]c1c([B])c([B])c(-c2c([B])c([B])c3c(c2[B])c([B])c([B])c2c([B])c(-c4c5c([B])c([B])c([B])c([B])c5c(-c5c([B])c([B])c([B])c6oc7c([B])c([B])c([B])c([B])c7c56)c5c([B])c([B])c([B])c([B])c45)c([B])c([B])c23)c([B])c1[B]. The number of benzene rings is 9. The Hall–Kier alpha value is -4.36. The molecule has 0 aliphatic carbocycles. The second-order valence-electron chi connectivity index (χ2n) is 18.3. The van der Waals surface area contributed by atoms with Crippen LogP contribution in [0.5, 0.6) is 0 Å². The summed E-state index contributed by atoms with van der Waals surface area (Å²) in [5.41, 5.74) is -4.51. The van der Waals surface area contributed by atoms with Crippen LogP contribution in [0, 0.1) is 0 Å². The monoisotopic (exact) mass is 876 g/mol. The first-order valence-corrected chi connectivity index (χ1v) is 22.0. The molecule has 0 bridgehead atoms. The van der Waals surface area contributed by atoms with Crippen LogP contribution in [0.4, 0.5) is 0 Å². The predicted molar refractivity (Wildman–Crippen MR) is 351 cm³/mol. The van der Waals surface area contributed by atoms with Crippen LogP contribution in [-0.4, -0.2) is 220 Å². The van der Waals surface area contributed by atoms with Gasteiger partial charge in [-0.2, -0.15) is 0 Å². The van der Waals surface area contributed by atoms with Gasteiger partial charge in [-0.25, -0.2) is 0 Å². The van der Waals surface area contributed by atoms with E-state index in [9.17, 15) is 0 Å². The lowest BCUT2D eigenvalue weighted by Crippen LogP contribution is -2.56. The lowest BCUT2D eigenvalue weighted by atomic mass is 9.55. The Morgan fingerprint density at radius 3 is 0.693 bits per heavy atom. The van der Waals surface area contributed by atoms with Crippen molar-refractivity contribution in [1.82, 2.24) is 0 Å². The molecule has 10 rings (SSSR count). The lowest BCUT2D eigenvalue weighted by Gasteiger charge is -2.32. The second kappa shape index (κ2) is 18.1. The van der Waals surface area contributed by atoms with Crippen molar-refractivity contribution in [1.29, 1.82) is 0 Å². The average molecular weight is 871 g/mol. The summed E-state index contributed by atoms with van der Waals surface area (Å²) in [5, 5.41) is 0.267. The molecule has 29 heteroatoms. The molecule has 75 heavy (non-hydrogen) atoms. The van der Waals surface area contributed by atoms with E-state index >= 15 is 0 Å². The summed E-state index contributed by atoms with van der Waals surface area (Å²) in [6, 6.07) is 0. The Labute approximate surface area is 472 Å². The van der Waals surface area contributed by atoms with E-state index in [-0.39, 0.29) is 251 Å². The van der Waals surface area contributed by atoms with Gasteiger partial charge in [-0.15, -0.1) is 54.6 Å². The predicted octanol–water partition coefficient (Wildman–Crippen LogP) is -20.6. The van der Waals surface area contributed by atoms with Crippen molar-refractivity contribution >= 4 is 438 Å². The van der Waals surface area contributed by atoms with Gasteiger partial charge in [0.2, 0.25) is 0 Å². The molecule has 1 nitrogen and oxygen atoms in total. The number of fused-ring (bicyclic) bond motifs is 8. The van der Waals surface area contributed by atoms with Crippen molar-refractivity contribution < 1.29 is 4.42 Å². The minimum atomic E-state index is -0.244. The van der Waals surface area contributed by atoms with E-state index < -0.39 is 0 Å². The summed E-state index contributed by atoms with van der Waals surface area (Å²) < 4.78 is 6.33. The molecule has 0 fully saturated rings. The van der Waals surface area contributed by atoms with Crippen molar-refractivity contribution in [2.75, 3.05) is 0 Å². The number of hydrogen-bond acceptors (Lipinski definition) is 1. The minimum Gasteiger partial charge on any atom is -0.457 e. The first kappa shape index (κ1) is 54.0. The van der Waals surface area contributed by atoms with Gasteiger partial charge in [0, 0.05) is 10.8 Å². The largest absolute Gasteiger partial charge is 0.457 e. The van der Waals surface area contributed by atoms with Crippen LogP contribution in [0.1, 0.15) is 0 Å². The van der Waals surface area contributed by atoms with E-state index in [1.54, 1.807) is 0 Å². The van der Waals surface area contributed by atoms with Crippen LogP contribution in [0.2, 0.25) is 0 Å². The number of rotatable bonds is 3. The second-order valence-corrected chi connectivity index (χ2v) is 18.3. The van der Waals surface area contributed by atoms with Gasteiger partial charge in [-0.1, -0.05) is 98.3 Å². The van der Waals surface area contributed by atoms with Gasteiger partial charge in [-0.05, 0) is 76.5 Å². The van der Waals surface area contributed by atoms with Gasteiger partial charge in [0.1, 0.15) is 231 Å². The van der Waals surface area contributed by atoms with Gasteiger partial charge in [0.05, 0.1) is 0 Å². The molecule has 9 aromatic carbocycles. The molecule has 0 spiro atoms. The zero-order chi connectivity index (χ0) is 55.3. The summed E-state index contributed by atoms with van der Waals surface area (Å²) in [7, 11) is 190. The van der Waals surface area contributed by atoms with Crippen molar-refractivity contribution in [3.63, 3.8) is 0 Å². The van der Waals surface area contributed by atoms with Crippen LogP contribution >= 0.6 is 0 Å². The van der Waals surface area contributed by atoms with E-state index in [0.717, 1.165) is 0 Å². The zero-order valence-electron chi connectivity index (χ0n) is 39.6. The molecule has 10 aromatic rings. The Kier molecular flexibility index (Phi) is 13.0. The number of furan rings is 1. The van der Waals surface area contributed by atoms with Gasteiger partial charge in [0.25, 0.3) is 0 Å². The fourth-order valence-corrected chi connectivity index (χ4v) is 10.7. The molecular formula is C46B28O. The highest BCUT2D eigenvalue weighted by Gasteiger charge is 2.32. The maximum absolute atomic E-state index is 7.39. The molecule has 0 unspecified atom stereocenters. The van der Waals surface area contributed by atoms with Crippen molar-refractivity contribution in [2.24, 2.45) is 0 Å². The third-order valence-electron chi connectivity index (χ3n) is 14.7. The molecule has 1 aromatic heterocycles. The molecule has 0 atom stereocenters. The quantitative estimate of drug-likeness (QED) is 0.0979. The first-order chi connectivity index (χ1) is 35.0. The van der Waals surface area contributed by atoms with E-state index in [2.05, 4.69) is 0 Å². The van der Waals surface area contributed by atoms with E-state index in [1.165, 1.54) is 0 Å². The Morgan fingerprint density at radius 2 is 0.320 bits per heavy atom. The summed E-state index contributed by atoms with van der Waals surface area (Å²) >= 11 is 0. The van der Waals surface area contributed by atoms with E-state index in [1.807, 2.05) is 0 Å². The molecule has 274 valence electrons. The highest BCUT2D eigenvalue weighted by Crippen LogP contribution is 2.43. The standard InChI is InChI=1S/C46B28O/c47-17-11(26(56)19(49)8-9-13(28(58)27(57)12(8)17)18(48)14(29(59)20(9)50)15-30(60)37(67)41(71)38(68)31(15)61)2-5-3(21(51)33(63)35(65)23(5)53)1(4-6(2)24(54)36(66)34(64)22(4)52)7-10-16-32(62)39(69)42(72)44(74)46(16)75-45(10)43(73)40(70)25(7)55. The van der Waals surface area contributed by atoms with E-state index in [4.69, 9.17) is 224 Å². The topological polar surface area (TPSA) is 13.1 Å². The summed E-state index contributed by atoms with van der Waals surface area (Å²) in [6.45, 7) is 0. The van der Waals surface area contributed by atoms with Crippen LogP contribution in [-0.2, 0) is 0 Å². The molecular weight excluding hydrogens is 871 g/mol. The molecule has 0 N–H and O–H groups in total. The van der Waals surface area contributed by atoms with Crippen LogP contribution < -0.4 is 153 Å². The van der Waals surface area contributed by atoms with Gasteiger partial charge >= 0.3 is 0 Å². The van der Waals surface area contributed by atoms with Gasteiger partial charge < -0.3 is 4.42 Å². The summed E-state index contributed by atoms with van der Waals surface area (Å²) in [5.74, 6) is 0. The highest BCUT2D eigenvalue weighted by molar-refractivity contribution is 6.78. The van der Waals surface area contributed by atoms with Gasteiger partial charge in [-0.3, -0.25) is 0 Å². The maximum atomic E-state index is 7.39. The molecule has 0 saturated heterocycles. The smallest absolute Gasteiger partial charge is 0.128 e. The molecule has 0 amide bonds. The fraction of sp³-hybridized carbons (Fsp3) is 0. The average Bonchev–Trinajstić information content (AvgIpc) is 3.78. The summed E-state index contributed by atoms with van der Waals surface area (Å²) in [6.07, 6.45) is 0. The van der Waals surface area contributed by atoms with Crippen LogP contribution in [0.3, 0.4) is 0 Å². The van der Waals surface area contributed by atoms with Crippen molar-refractivity contribution in [3.05, 3.63) is 0 Å². The van der Waals surface area contributed by atoms with E-state index in [0.29, 0.717) is 0 Å². The normalized spacial score (nSPS) is 11.9. The lowest BCUT2D eigenvalue weighted by molar-refractivity contribution is 0.675. The Bertz CT molecular complexity index is 4330. The molecule has 0 aliphatic heterocycles. The minimum absolute atomic E-state index is 0.00538. The van der Waals surface area contributed by atoms with Crippen LogP contribution in [0.25, 0.3) is 98.4 Å². The summed E-state index contributed by atoms with van der Waals surface area (Å²) in [4.78, 5) is 0. The molecule has 56 radical (unpaired) electrons. The Morgan fingerprint density at radius 1 is 0.120 bits per heavy atom. The van der Waals surface area contributed by atoms with Gasteiger partial charge in [0.15, 0.2) is 0 Å². The number of hydrogen-bond donors (Lipinski definition) is 0. The first-order valence-electron chi connectivity index (χ1n) is 22.0. The molecule has 0 aliphatic rings. The third-order valence-corrected chi connectivity index (χ3v) is 14.7. The van der Waals surface area contributed by atoms with Crippen molar-refractivity contribution in [2.45, 2.75) is 0 Å². The third kappa shape index (κ3) is 6.85. The van der Waals surface area contributed by atoms with Crippen LogP contribution in [0.15, 0.2) is 4.42 Å². The Balaban J connectivity index is 1.48. The highest BCUT2D eigenvalue weighted by atomic mass is 16.3.